The topological polar surface area (TPSA) is 181 Å². The van der Waals surface area contributed by atoms with E-state index in [0.29, 0.717) is 37.2 Å². The Kier molecular flexibility index (Phi) is 20.9. The predicted octanol–water partition coefficient (Wildman–Crippen LogP) is 2.99. The Morgan fingerprint density at radius 1 is 0.689 bits per heavy atom. The average Bonchev–Trinajstić information content (AvgIpc) is 2.97. The first-order valence-electron chi connectivity index (χ1n) is 16.0. The molecule has 0 heterocycles. The molecule has 2 aliphatic rings. The minimum atomic E-state index is -0.419. The molecule has 13 heteroatoms. The molecule has 0 fully saturated rings. The molecular weight excluding hydrogens is 604 g/mol. The van der Waals surface area contributed by atoms with Crippen LogP contribution in [-0.2, 0) is 38.1 Å². The lowest BCUT2D eigenvalue weighted by Crippen LogP contribution is -2.57. The maximum atomic E-state index is 12.0. The molecule has 6 N–H and O–H groups in total. The second-order valence-electron chi connectivity index (χ2n) is 11.1. The van der Waals surface area contributed by atoms with E-state index in [-0.39, 0.29) is 72.5 Å². The van der Waals surface area contributed by atoms with E-state index in [2.05, 4.69) is 10.6 Å². The van der Waals surface area contributed by atoms with Crippen LogP contribution in [0.4, 0.5) is 0 Å². The first kappa shape index (κ1) is 42.5. The van der Waals surface area contributed by atoms with Gasteiger partial charge in [0.25, 0.3) is 0 Å². The van der Waals surface area contributed by atoms with Crippen LogP contribution in [-0.4, -0.2) is 85.5 Å². The van der Waals surface area contributed by atoms with Crippen molar-refractivity contribution in [3.63, 3.8) is 0 Å². The highest BCUT2D eigenvalue weighted by Crippen LogP contribution is 2.25. The van der Waals surface area contributed by atoms with Crippen LogP contribution in [0.5, 0.6) is 0 Å². The van der Waals surface area contributed by atoms with E-state index in [1.807, 2.05) is 27.7 Å². The summed E-state index contributed by atoms with van der Waals surface area (Å²) in [6.45, 7) is 15.2. The SMILES string of the molecule is CCOC(=O)C1=C[C@@H](OC(CC)CC)[C@H](NC(C)=O)[C@H](N)C1.CCOC(=O)C1=C[C@H](OC(CC)CC)[C@@H](NC(C)=O)[C@@H](N)C1.Cl. The van der Waals surface area contributed by atoms with Gasteiger partial charge < -0.3 is 41.0 Å². The summed E-state index contributed by atoms with van der Waals surface area (Å²) < 4.78 is 22.2. The summed E-state index contributed by atoms with van der Waals surface area (Å²) in [5.41, 5.74) is 13.4. The molecule has 260 valence electrons. The molecule has 0 spiro atoms. The molecule has 0 aromatic heterocycles. The molecular formula is C32H57ClN4O8. The first-order chi connectivity index (χ1) is 20.8. The Balaban J connectivity index is 0.000000842. The molecule has 12 nitrogen and oxygen atoms in total. The molecule has 2 aliphatic carbocycles. The number of hydrogen-bond acceptors (Lipinski definition) is 10. The van der Waals surface area contributed by atoms with Crippen LogP contribution in [0.2, 0.25) is 0 Å². The van der Waals surface area contributed by atoms with Crippen LogP contribution in [0, 0.1) is 0 Å². The fourth-order valence-corrected chi connectivity index (χ4v) is 5.24. The number of nitrogens with one attached hydrogen (secondary N) is 2. The van der Waals surface area contributed by atoms with Crippen molar-refractivity contribution < 1.29 is 38.1 Å². The number of carbonyl (C=O) groups is 4. The molecule has 2 rings (SSSR count). The van der Waals surface area contributed by atoms with E-state index in [9.17, 15) is 19.2 Å². The fourth-order valence-electron chi connectivity index (χ4n) is 5.24. The van der Waals surface area contributed by atoms with Gasteiger partial charge in [-0.05, 0) is 64.5 Å². The fraction of sp³-hybridized carbons (Fsp3) is 0.750. The monoisotopic (exact) mass is 660 g/mol. The van der Waals surface area contributed by atoms with Crippen molar-refractivity contribution in [3.8, 4) is 0 Å². The molecule has 0 aromatic carbocycles. The summed E-state index contributed by atoms with van der Waals surface area (Å²) in [5, 5.41) is 5.68. The van der Waals surface area contributed by atoms with Crippen molar-refractivity contribution in [1.29, 1.82) is 0 Å². The molecule has 0 saturated carbocycles. The minimum absolute atomic E-state index is 0. The molecule has 45 heavy (non-hydrogen) atoms. The van der Waals surface area contributed by atoms with Gasteiger partial charge in [-0.1, -0.05) is 27.7 Å². The van der Waals surface area contributed by atoms with Crippen LogP contribution >= 0.6 is 12.4 Å². The van der Waals surface area contributed by atoms with Crippen molar-refractivity contribution in [2.24, 2.45) is 11.5 Å². The Morgan fingerprint density at radius 3 is 1.24 bits per heavy atom. The number of nitrogens with two attached hydrogens (primary N) is 2. The van der Waals surface area contributed by atoms with Crippen molar-refractivity contribution in [1.82, 2.24) is 10.6 Å². The standard InChI is InChI=1S/2C16H28N2O4.ClH/c2*1-5-12(6-2)22-14-9-11(16(20)21-7-3)8-13(17)15(14)18-10(4)19;/h2*9,12-15H,5-8,17H2,1-4H3,(H,18,19);1H/t2*13-,14-,15-;/m10./s1. The van der Waals surface area contributed by atoms with E-state index in [4.69, 9.17) is 30.4 Å². The number of amides is 2. The highest BCUT2D eigenvalue weighted by atomic mass is 35.5. The van der Waals surface area contributed by atoms with Gasteiger partial charge in [0.05, 0.1) is 49.7 Å². The van der Waals surface area contributed by atoms with Gasteiger partial charge in [0.15, 0.2) is 0 Å². The van der Waals surface area contributed by atoms with Gasteiger partial charge in [0.1, 0.15) is 0 Å². The van der Waals surface area contributed by atoms with Crippen LogP contribution in [0.3, 0.4) is 0 Å². The van der Waals surface area contributed by atoms with Crippen LogP contribution < -0.4 is 22.1 Å². The second kappa shape index (κ2) is 22.1. The van der Waals surface area contributed by atoms with E-state index in [1.54, 1.807) is 26.0 Å². The second-order valence-corrected chi connectivity index (χ2v) is 11.1. The predicted molar refractivity (Wildman–Crippen MR) is 176 cm³/mol. The highest BCUT2D eigenvalue weighted by molar-refractivity contribution is 5.89. The summed E-state index contributed by atoms with van der Waals surface area (Å²) >= 11 is 0. The number of ether oxygens (including phenoxy) is 4. The third kappa shape index (κ3) is 14.2. The van der Waals surface area contributed by atoms with Crippen LogP contribution in [0.15, 0.2) is 23.3 Å². The Morgan fingerprint density at radius 2 is 1.00 bits per heavy atom. The first-order valence-corrected chi connectivity index (χ1v) is 16.0. The van der Waals surface area contributed by atoms with E-state index in [1.165, 1.54) is 13.8 Å². The number of hydrogen-bond donors (Lipinski definition) is 4. The third-order valence-corrected chi connectivity index (χ3v) is 7.61. The van der Waals surface area contributed by atoms with Crippen molar-refractivity contribution in [2.45, 2.75) is 142 Å². The Labute approximate surface area is 275 Å². The Bertz CT molecular complexity index is 922. The summed E-state index contributed by atoms with van der Waals surface area (Å²) in [7, 11) is 0. The van der Waals surface area contributed by atoms with Gasteiger partial charge in [0, 0.05) is 37.1 Å². The van der Waals surface area contributed by atoms with E-state index in [0.717, 1.165) is 25.7 Å². The summed E-state index contributed by atoms with van der Waals surface area (Å²) in [6.07, 6.45) is 6.95. The van der Waals surface area contributed by atoms with Crippen LogP contribution in [0.1, 0.15) is 93.9 Å². The van der Waals surface area contributed by atoms with Gasteiger partial charge in [-0.25, -0.2) is 9.59 Å². The van der Waals surface area contributed by atoms with Gasteiger partial charge in [-0.2, -0.15) is 0 Å². The van der Waals surface area contributed by atoms with Gasteiger partial charge >= 0.3 is 11.9 Å². The molecule has 0 bridgehead atoms. The normalized spacial score (nSPS) is 24.3. The van der Waals surface area contributed by atoms with Gasteiger partial charge in [-0.3, -0.25) is 9.59 Å². The largest absolute Gasteiger partial charge is 0.463 e. The quantitative estimate of drug-likeness (QED) is 0.202. The van der Waals surface area contributed by atoms with Crippen molar-refractivity contribution in [2.75, 3.05) is 13.2 Å². The molecule has 0 aromatic rings. The number of esters is 2. The molecule has 0 radical (unpaired) electrons. The van der Waals surface area contributed by atoms with Crippen molar-refractivity contribution >= 4 is 36.2 Å². The van der Waals surface area contributed by atoms with E-state index >= 15 is 0 Å². The highest BCUT2D eigenvalue weighted by Gasteiger charge is 2.37. The van der Waals surface area contributed by atoms with Gasteiger partial charge in [-0.15, -0.1) is 12.4 Å². The third-order valence-electron chi connectivity index (χ3n) is 7.61. The minimum Gasteiger partial charge on any atom is -0.463 e. The maximum absolute atomic E-state index is 12.0. The average molecular weight is 661 g/mol. The zero-order valence-corrected chi connectivity index (χ0v) is 29.1. The summed E-state index contributed by atoms with van der Waals surface area (Å²) in [4.78, 5) is 46.7. The lowest BCUT2D eigenvalue weighted by molar-refractivity contribution is -0.140. The molecule has 2 amide bonds. The zero-order valence-electron chi connectivity index (χ0n) is 28.3. The number of carbonyl (C=O) groups excluding carboxylic acids is 4. The number of rotatable bonds is 14. The lowest BCUT2D eigenvalue weighted by atomic mass is 9.88. The van der Waals surface area contributed by atoms with Gasteiger partial charge in [0.2, 0.25) is 11.8 Å². The molecule has 6 atom stereocenters. The molecule has 0 aliphatic heterocycles. The zero-order chi connectivity index (χ0) is 33.4. The van der Waals surface area contributed by atoms with E-state index < -0.39 is 12.2 Å². The van der Waals surface area contributed by atoms with Crippen LogP contribution in [0.25, 0.3) is 0 Å². The summed E-state index contributed by atoms with van der Waals surface area (Å²) in [5.74, 6) is -1.05. The summed E-state index contributed by atoms with van der Waals surface area (Å²) in [6, 6.07) is -1.44. The maximum Gasteiger partial charge on any atom is 0.333 e. The van der Waals surface area contributed by atoms with Crippen molar-refractivity contribution in [3.05, 3.63) is 23.3 Å². The smallest absolute Gasteiger partial charge is 0.333 e. The Hall–Kier alpha value is -2.51. The lowest BCUT2D eigenvalue weighted by Gasteiger charge is -2.36. The molecule has 0 saturated heterocycles. The number of halogens is 1. The molecule has 0 unspecified atom stereocenters.